The van der Waals surface area contributed by atoms with Crippen molar-refractivity contribution in [3.05, 3.63) is 39.9 Å². The molecule has 1 aromatic rings. The van der Waals surface area contributed by atoms with Gasteiger partial charge in [0.25, 0.3) is 5.69 Å². The molecule has 1 saturated heterocycles. The number of carbonyl (C=O) groups is 1. The van der Waals surface area contributed by atoms with E-state index in [-0.39, 0.29) is 18.1 Å². The first-order chi connectivity index (χ1) is 8.66. The summed E-state index contributed by atoms with van der Waals surface area (Å²) < 4.78 is 0. The minimum Gasteiger partial charge on any atom is -0.352 e. The highest BCUT2D eigenvalue weighted by Crippen LogP contribution is 2.17. The Kier molecular flexibility index (Phi) is 3.88. The molecule has 0 aliphatic carbocycles. The Morgan fingerprint density at radius 3 is 2.78 bits per heavy atom. The summed E-state index contributed by atoms with van der Waals surface area (Å²) in [6, 6.07) is 6.44. The predicted octanol–water partition coefficient (Wildman–Crippen LogP) is 0.820. The maximum atomic E-state index is 11.6. The molecule has 0 radical (unpaired) electrons. The summed E-state index contributed by atoms with van der Waals surface area (Å²) in [7, 11) is 0. The number of nitro benzene ring substituents is 1. The fraction of sp³-hybridized carbons (Fsp3) is 0.417. The highest BCUT2D eigenvalue weighted by atomic mass is 16.6. The average Bonchev–Trinajstić information content (AvgIpc) is 2.31. The molecule has 0 saturated carbocycles. The Labute approximate surface area is 105 Å². The second kappa shape index (κ2) is 5.59. The van der Waals surface area contributed by atoms with Gasteiger partial charge in [0.1, 0.15) is 0 Å². The minimum absolute atomic E-state index is 0.0445. The number of benzene rings is 1. The summed E-state index contributed by atoms with van der Waals surface area (Å²) in [6.07, 6.45) is 0.480. The van der Waals surface area contributed by atoms with Crippen molar-refractivity contribution in [3.8, 4) is 0 Å². The lowest BCUT2D eigenvalue weighted by molar-refractivity contribution is -0.385. The first kappa shape index (κ1) is 12.5. The zero-order valence-corrected chi connectivity index (χ0v) is 9.89. The van der Waals surface area contributed by atoms with Gasteiger partial charge in [-0.2, -0.15) is 0 Å². The van der Waals surface area contributed by atoms with Crippen LogP contribution in [0.5, 0.6) is 0 Å². The standard InChI is InChI=1S/C12H15N3O3/c16-12(5-9-6-13-7-9)14-8-10-3-1-2-4-11(10)15(17)18/h1-4,9,13H,5-8H2,(H,14,16). The van der Waals surface area contributed by atoms with Crippen molar-refractivity contribution in [2.45, 2.75) is 13.0 Å². The van der Waals surface area contributed by atoms with Gasteiger partial charge in [-0.15, -0.1) is 0 Å². The van der Waals surface area contributed by atoms with E-state index in [1.807, 2.05) is 0 Å². The molecule has 1 aliphatic rings. The third-order valence-corrected chi connectivity index (χ3v) is 3.00. The van der Waals surface area contributed by atoms with Crippen LogP contribution in [-0.2, 0) is 11.3 Å². The Hall–Kier alpha value is -1.95. The molecule has 1 fully saturated rings. The van der Waals surface area contributed by atoms with E-state index in [0.717, 1.165) is 13.1 Å². The molecule has 1 heterocycles. The molecule has 0 aromatic heterocycles. The molecule has 6 heteroatoms. The first-order valence-electron chi connectivity index (χ1n) is 5.86. The van der Waals surface area contributed by atoms with Gasteiger partial charge < -0.3 is 10.6 Å². The minimum atomic E-state index is -0.433. The van der Waals surface area contributed by atoms with Crippen molar-refractivity contribution in [3.63, 3.8) is 0 Å². The van der Waals surface area contributed by atoms with Crippen molar-refractivity contribution >= 4 is 11.6 Å². The molecule has 6 nitrogen and oxygen atoms in total. The molecule has 1 aromatic carbocycles. The number of nitrogens with zero attached hydrogens (tertiary/aromatic N) is 1. The van der Waals surface area contributed by atoms with Crippen LogP contribution < -0.4 is 10.6 Å². The smallest absolute Gasteiger partial charge is 0.274 e. The van der Waals surface area contributed by atoms with Gasteiger partial charge in [-0.1, -0.05) is 18.2 Å². The molecule has 2 rings (SSSR count). The highest BCUT2D eigenvalue weighted by molar-refractivity contribution is 5.76. The van der Waals surface area contributed by atoms with Gasteiger partial charge in [-0.05, 0) is 19.0 Å². The molecule has 2 N–H and O–H groups in total. The largest absolute Gasteiger partial charge is 0.352 e. The monoisotopic (exact) mass is 249 g/mol. The summed E-state index contributed by atoms with van der Waals surface area (Å²) in [5.74, 6) is 0.343. The van der Waals surface area contributed by atoms with E-state index in [9.17, 15) is 14.9 Å². The lowest BCUT2D eigenvalue weighted by atomic mass is 9.99. The van der Waals surface area contributed by atoms with Gasteiger partial charge in [-0.3, -0.25) is 14.9 Å². The Morgan fingerprint density at radius 1 is 1.44 bits per heavy atom. The molecule has 18 heavy (non-hydrogen) atoms. The number of nitrogens with one attached hydrogen (secondary N) is 2. The lowest BCUT2D eigenvalue weighted by Crippen LogP contribution is -2.44. The number of hydrogen-bond acceptors (Lipinski definition) is 4. The molecule has 0 unspecified atom stereocenters. The number of carbonyl (C=O) groups excluding carboxylic acids is 1. The van der Waals surface area contributed by atoms with Crippen molar-refractivity contribution in [2.24, 2.45) is 5.92 Å². The van der Waals surface area contributed by atoms with E-state index in [2.05, 4.69) is 10.6 Å². The van der Waals surface area contributed by atoms with Crippen molar-refractivity contribution in [1.82, 2.24) is 10.6 Å². The summed E-state index contributed by atoms with van der Waals surface area (Å²) in [4.78, 5) is 21.9. The van der Waals surface area contributed by atoms with Crippen molar-refractivity contribution in [1.29, 1.82) is 0 Å². The van der Waals surface area contributed by atoms with E-state index in [0.29, 0.717) is 17.9 Å². The van der Waals surface area contributed by atoms with E-state index < -0.39 is 4.92 Å². The van der Waals surface area contributed by atoms with Gasteiger partial charge in [0.05, 0.1) is 4.92 Å². The van der Waals surface area contributed by atoms with Crippen LogP contribution in [-0.4, -0.2) is 23.9 Å². The number of amides is 1. The number of nitro groups is 1. The zero-order chi connectivity index (χ0) is 13.0. The van der Waals surface area contributed by atoms with E-state index in [4.69, 9.17) is 0 Å². The van der Waals surface area contributed by atoms with Crippen LogP contribution in [0.3, 0.4) is 0 Å². The Morgan fingerprint density at radius 2 is 2.17 bits per heavy atom. The van der Waals surface area contributed by atoms with Crippen LogP contribution in [0.15, 0.2) is 24.3 Å². The Balaban J connectivity index is 1.89. The highest BCUT2D eigenvalue weighted by Gasteiger charge is 2.20. The van der Waals surface area contributed by atoms with Gasteiger partial charge in [0.2, 0.25) is 5.91 Å². The third kappa shape index (κ3) is 3.04. The van der Waals surface area contributed by atoms with Crippen molar-refractivity contribution in [2.75, 3.05) is 13.1 Å². The molecule has 1 aliphatic heterocycles. The van der Waals surface area contributed by atoms with Crippen LogP contribution in [0.4, 0.5) is 5.69 Å². The lowest BCUT2D eigenvalue weighted by Gasteiger charge is -2.26. The molecule has 0 spiro atoms. The second-order valence-electron chi connectivity index (χ2n) is 4.39. The molecule has 0 bridgehead atoms. The number of para-hydroxylation sites is 1. The zero-order valence-electron chi connectivity index (χ0n) is 9.89. The number of rotatable bonds is 5. The summed E-state index contributed by atoms with van der Waals surface area (Å²) in [5.41, 5.74) is 0.575. The van der Waals surface area contributed by atoms with Crippen LogP contribution in [0.1, 0.15) is 12.0 Å². The molecular weight excluding hydrogens is 234 g/mol. The maximum Gasteiger partial charge on any atom is 0.274 e. The fourth-order valence-corrected chi connectivity index (χ4v) is 1.86. The topological polar surface area (TPSA) is 84.3 Å². The summed E-state index contributed by atoms with van der Waals surface area (Å²) in [6.45, 7) is 1.95. The Bertz CT molecular complexity index is 458. The van der Waals surface area contributed by atoms with Gasteiger partial charge in [0, 0.05) is 24.6 Å². The van der Waals surface area contributed by atoms with Crippen LogP contribution in [0.2, 0.25) is 0 Å². The van der Waals surface area contributed by atoms with E-state index in [1.165, 1.54) is 6.07 Å². The average molecular weight is 249 g/mol. The van der Waals surface area contributed by atoms with E-state index >= 15 is 0 Å². The summed E-state index contributed by atoms with van der Waals surface area (Å²) in [5, 5.41) is 16.6. The molecule has 0 atom stereocenters. The molecule has 96 valence electrons. The SMILES string of the molecule is O=C(CC1CNC1)NCc1ccccc1[N+](=O)[O-]. The van der Waals surface area contributed by atoms with Crippen LogP contribution >= 0.6 is 0 Å². The third-order valence-electron chi connectivity index (χ3n) is 3.00. The normalized spacial score (nSPS) is 14.9. The van der Waals surface area contributed by atoms with E-state index in [1.54, 1.807) is 18.2 Å². The number of hydrogen-bond donors (Lipinski definition) is 2. The summed E-state index contributed by atoms with van der Waals surface area (Å²) >= 11 is 0. The maximum absolute atomic E-state index is 11.6. The van der Waals surface area contributed by atoms with Gasteiger partial charge in [-0.25, -0.2) is 0 Å². The molecular formula is C12H15N3O3. The first-order valence-corrected chi connectivity index (χ1v) is 5.86. The predicted molar refractivity (Wildman–Crippen MR) is 65.9 cm³/mol. The van der Waals surface area contributed by atoms with Crippen molar-refractivity contribution < 1.29 is 9.72 Å². The molecule has 1 amide bonds. The fourth-order valence-electron chi connectivity index (χ4n) is 1.86. The van der Waals surface area contributed by atoms with Gasteiger partial charge >= 0.3 is 0 Å². The quantitative estimate of drug-likeness (QED) is 0.597. The van der Waals surface area contributed by atoms with Gasteiger partial charge in [0.15, 0.2) is 0 Å². The second-order valence-corrected chi connectivity index (χ2v) is 4.39. The van der Waals surface area contributed by atoms with Crippen LogP contribution in [0.25, 0.3) is 0 Å². The van der Waals surface area contributed by atoms with Crippen LogP contribution in [0, 0.1) is 16.0 Å².